The number of carbonyl (C=O) groups excluding carboxylic acids is 1. The Kier molecular flexibility index (Phi) is 6.09. The number of amides is 1. The molecule has 0 fully saturated rings. The molecule has 0 radical (unpaired) electrons. The molecule has 0 bridgehead atoms. The van der Waals surface area contributed by atoms with E-state index in [1.165, 1.54) is 6.07 Å². The van der Waals surface area contributed by atoms with Crippen molar-refractivity contribution in [3.05, 3.63) is 66.0 Å². The Morgan fingerprint density at radius 1 is 1.17 bits per heavy atom. The SMILES string of the molecule is O=C(CSc1nnc(-c2ccccc2F)o1)N(Cc1ccco1)C1=CCCCC1. The molecule has 2 aromatic heterocycles. The molecule has 8 heteroatoms. The number of hydrogen-bond donors (Lipinski definition) is 0. The number of carbonyl (C=O) groups is 1. The number of halogens is 1. The summed E-state index contributed by atoms with van der Waals surface area (Å²) in [6, 6.07) is 9.87. The molecule has 1 aliphatic rings. The maximum atomic E-state index is 13.9. The van der Waals surface area contributed by atoms with Crippen LogP contribution >= 0.6 is 11.8 Å². The number of hydrogen-bond acceptors (Lipinski definition) is 6. The molecule has 1 amide bonds. The van der Waals surface area contributed by atoms with Crippen LogP contribution < -0.4 is 0 Å². The molecule has 0 unspecified atom stereocenters. The minimum atomic E-state index is -0.433. The topological polar surface area (TPSA) is 72.4 Å². The van der Waals surface area contributed by atoms with Crippen LogP contribution in [0.4, 0.5) is 4.39 Å². The van der Waals surface area contributed by atoms with Crippen LogP contribution in [0.1, 0.15) is 31.4 Å². The molecule has 2 heterocycles. The second kappa shape index (κ2) is 9.09. The highest BCUT2D eigenvalue weighted by Crippen LogP contribution is 2.27. The van der Waals surface area contributed by atoms with Crippen LogP contribution in [0.5, 0.6) is 0 Å². The number of thioether (sulfide) groups is 1. The van der Waals surface area contributed by atoms with Crippen molar-refractivity contribution in [1.82, 2.24) is 15.1 Å². The summed E-state index contributed by atoms with van der Waals surface area (Å²) in [5.41, 5.74) is 1.26. The van der Waals surface area contributed by atoms with Crippen LogP contribution in [-0.4, -0.2) is 26.8 Å². The number of nitrogens with zero attached hydrogens (tertiary/aromatic N) is 3. The lowest BCUT2D eigenvalue weighted by Gasteiger charge is -2.26. The van der Waals surface area contributed by atoms with E-state index < -0.39 is 5.82 Å². The number of furan rings is 1. The molecule has 3 aromatic rings. The van der Waals surface area contributed by atoms with Gasteiger partial charge in [0, 0.05) is 5.70 Å². The van der Waals surface area contributed by atoms with Crippen LogP contribution in [0.2, 0.25) is 0 Å². The highest BCUT2D eigenvalue weighted by molar-refractivity contribution is 7.99. The van der Waals surface area contributed by atoms with Crippen LogP contribution in [0.15, 0.2) is 68.5 Å². The van der Waals surface area contributed by atoms with E-state index in [1.807, 2.05) is 12.1 Å². The third kappa shape index (κ3) is 4.76. The van der Waals surface area contributed by atoms with Crippen molar-refractivity contribution in [3.63, 3.8) is 0 Å². The number of aromatic nitrogens is 2. The molecule has 1 aromatic carbocycles. The Balaban J connectivity index is 1.44. The van der Waals surface area contributed by atoms with Crippen LogP contribution in [-0.2, 0) is 11.3 Å². The van der Waals surface area contributed by atoms with Gasteiger partial charge in [-0.05, 0) is 49.9 Å². The van der Waals surface area contributed by atoms with Crippen molar-refractivity contribution in [3.8, 4) is 11.5 Å². The zero-order valence-electron chi connectivity index (χ0n) is 15.7. The lowest BCUT2D eigenvalue weighted by Crippen LogP contribution is -2.32. The summed E-state index contributed by atoms with van der Waals surface area (Å²) in [6.07, 6.45) is 7.77. The zero-order chi connectivity index (χ0) is 20.1. The molecule has 0 saturated heterocycles. The summed E-state index contributed by atoms with van der Waals surface area (Å²) < 4.78 is 24.8. The lowest BCUT2D eigenvalue weighted by atomic mass is 10.0. The first-order chi connectivity index (χ1) is 14.2. The molecular formula is C21H20FN3O3S. The quantitative estimate of drug-likeness (QED) is 0.505. The number of benzene rings is 1. The molecule has 150 valence electrons. The highest BCUT2D eigenvalue weighted by atomic mass is 32.2. The first kappa shape index (κ1) is 19.4. The van der Waals surface area contributed by atoms with E-state index in [0.717, 1.165) is 48.9 Å². The highest BCUT2D eigenvalue weighted by Gasteiger charge is 2.22. The van der Waals surface area contributed by atoms with E-state index in [2.05, 4.69) is 16.3 Å². The molecule has 4 rings (SSSR count). The van der Waals surface area contributed by atoms with Crippen LogP contribution in [0.3, 0.4) is 0 Å². The first-order valence-electron chi connectivity index (χ1n) is 9.43. The number of rotatable bonds is 7. The Hall–Kier alpha value is -2.87. The summed E-state index contributed by atoms with van der Waals surface area (Å²) in [7, 11) is 0. The zero-order valence-corrected chi connectivity index (χ0v) is 16.5. The smallest absolute Gasteiger partial charge is 0.277 e. The van der Waals surface area contributed by atoms with Crippen LogP contribution in [0.25, 0.3) is 11.5 Å². The molecular weight excluding hydrogens is 393 g/mol. The van der Waals surface area contributed by atoms with Crippen molar-refractivity contribution >= 4 is 17.7 Å². The van der Waals surface area contributed by atoms with E-state index in [4.69, 9.17) is 8.83 Å². The minimum Gasteiger partial charge on any atom is -0.467 e. The van der Waals surface area contributed by atoms with Crippen molar-refractivity contribution < 1.29 is 18.0 Å². The van der Waals surface area contributed by atoms with E-state index in [0.29, 0.717) is 6.54 Å². The van der Waals surface area contributed by atoms with E-state index in [9.17, 15) is 9.18 Å². The Bertz CT molecular complexity index is 1000. The fourth-order valence-electron chi connectivity index (χ4n) is 3.19. The fourth-order valence-corrected chi connectivity index (χ4v) is 3.83. The summed E-state index contributed by atoms with van der Waals surface area (Å²) >= 11 is 1.14. The summed E-state index contributed by atoms with van der Waals surface area (Å²) in [4.78, 5) is 14.7. The van der Waals surface area contributed by atoms with Gasteiger partial charge in [0.2, 0.25) is 5.91 Å². The molecule has 0 N–H and O–H groups in total. The normalized spacial score (nSPS) is 13.9. The van der Waals surface area contributed by atoms with Gasteiger partial charge in [0.1, 0.15) is 11.6 Å². The van der Waals surface area contributed by atoms with Gasteiger partial charge >= 0.3 is 0 Å². The average Bonchev–Trinajstić information content (AvgIpc) is 3.43. The third-order valence-corrected chi connectivity index (χ3v) is 5.44. The van der Waals surface area contributed by atoms with E-state index >= 15 is 0 Å². The molecule has 0 atom stereocenters. The molecule has 1 aliphatic carbocycles. The first-order valence-corrected chi connectivity index (χ1v) is 10.4. The summed E-state index contributed by atoms with van der Waals surface area (Å²) in [5, 5.41) is 8.05. The third-order valence-electron chi connectivity index (χ3n) is 4.64. The standard InChI is InChI=1S/C21H20FN3O3S/c22-18-11-5-4-10-17(18)20-23-24-21(28-20)29-14-19(26)25(13-16-9-6-12-27-16)15-7-2-1-3-8-15/h4-7,9-12H,1-3,8,13-14H2. The van der Waals surface area contributed by atoms with Crippen molar-refractivity contribution in [2.75, 3.05) is 5.75 Å². The van der Waals surface area contributed by atoms with Crippen molar-refractivity contribution in [2.45, 2.75) is 37.5 Å². The predicted octanol–water partition coefficient (Wildman–Crippen LogP) is 5.05. The molecule has 0 aliphatic heterocycles. The van der Waals surface area contributed by atoms with Gasteiger partial charge in [-0.3, -0.25) is 4.79 Å². The van der Waals surface area contributed by atoms with Crippen molar-refractivity contribution in [2.24, 2.45) is 0 Å². The van der Waals surface area contributed by atoms with Gasteiger partial charge in [0.15, 0.2) is 0 Å². The molecule has 29 heavy (non-hydrogen) atoms. The monoisotopic (exact) mass is 413 g/mol. The largest absolute Gasteiger partial charge is 0.467 e. The second-order valence-electron chi connectivity index (χ2n) is 6.64. The van der Waals surface area contributed by atoms with Gasteiger partial charge in [-0.2, -0.15) is 0 Å². The molecule has 0 saturated carbocycles. The predicted molar refractivity (Wildman–Crippen MR) is 106 cm³/mol. The average molecular weight is 413 g/mol. The van der Waals surface area contributed by atoms with Gasteiger partial charge < -0.3 is 13.7 Å². The van der Waals surface area contributed by atoms with Gasteiger partial charge in [0.05, 0.1) is 24.1 Å². The van der Waals surface area contributed by atoms with E-state index in [-0.39, 0.29) is 28.3 Å². The Labute approximate surface area is 171 Å². The Morgan fingerprint density at radius 3 is 2.83 bits per heavy atom. The Morgan fingerprint density at radius 2 is 2.07 bits per heavy atom. The fraction of sp³-hybridized carbons (Fsp3) is 0.286. The number of allylic oxidation sites excluding steroid dienone is 2. The van der Waals surface area contributed by atoms with E-state index in [1.54, 1.807) is 29.4 Å². The van der Waals surface area contributed by atoms with Gasteiger partial charge in [-0.15, -0.1) is 10.2 Å². The molecule has 0 spiro atoms. The second-order valence-corrected chi connectivity index (χ2v) is 7.57. The summed E-state index contributed by atoms with van der Waals surface area (Å²) in [6.45, 7) is 0.391. The maximum Gasteiger partial charge on any atom is 0.277 e. The molecule has 6 nitrogen and oxygen atoms in total. The maximum absolute atomic E-state index is 13.9. The minimum absolute atomic E-state index is 0.0646. The van der Waals surface area contributed by atoms with Gasteiger partial charge in [-0.25, -0.2) is 4.39 Å². The van der Waals surface area contributed by atoms with Gasteiger partial charge in [-0.1, -0.05) is 30.0 Å². The van der Waals surface area contributed by atoms with Crippen molar-refractivity contribution in [1.29, 1.82) is 0 Å². The lowest BCUT2D eigenvalue weighted by molar-refractivity contribution is -0.127. The van der Waals surface area contributed by atoms with Gasteiger partial charge in [0.25, 0.3) is 11.1 Å². The summed E-state index contributed by atoms with van der Waals surface area (Å²) in [5.74, 6) is 0.467. The van der Waals surface area contributed by atoms with Crippen LogP contribution in [0, 0.1) is 5.82 Å².